The summed E-state index contributed by atoms with van der Waals surface area (Å²) in [5, 5.41) is 23.8. The number of amides is 1. The summed E-state index contributed by atoms with van der Waals surface area (Å²) in [7, 11) is 0. The lowest BCUT2D eigenvalue weighted by Gasteiger charge is -2.28. The van der Waals surface area contributed by atoms with Crippen LogP contribution >= 0.6 is 11.3 Å². The zero-order chi connectivity index (χ0) is 26.0. The number of anilines is 1. The Morgan fingerprint density at radius 2 is 1.65 bits per heavy atom. The number of aromatic hydroxyl groups is 1. The third-order valence-electron chi connectivity index (χ3n) is 5.52. The van der Waals surface area contributed by atoms with Gasteiger partial charge in [0.1, 0.15) is 22.4 Å². The fourth-order valence-corrected chi connectivity index (χ4v) is 4.58. The number of hydrogen-bond acceptors (Lipinski definition) is 6. The normalized spacial score (nSPS) is 12.3. The molecule has 182 valence electrons. The molecular formula is C27H34N2O4S. The van der Waals surface area contributed by atoms with Crippen molar-refractivity contribution in [1.82, 2.24) is 0 Å². The van der Waals surface area contributed by atoms with Crippen molar-refractivity contribution >= 4 is 34.3 Å². The summed E-state index contributed by atoms with van der Waals surface area (Å²) in [4.78, 5) is 26.4. The number of ether oxygens (including phenoxy) is 1. The number of benzene rings is 1. The molecule has 0 saturated heterocycles. The van der Waals surface area contributed by atoms with Gasteiger partial charge >= 0.3 is 5.97 Å². The van der Waals surface area contributed by atoms with E-state index in [0.717, 1.165) is 21.6 Å². The van der Waals surface area contributed by atoms with Gasteiger partial charge in [-0.25, -0.2) is 4.79 Å². The van der Waals surface area contributed by atoms with Gasteiger partial charge in [0.05, 0.1) is 12.2 Å². The maximum Gasteiger partial charge on any atom is 0.341 e. The molecule has 2 aromatic rings. The third-order valence-corrected chi connectivity index (χ3v) is 6.64. The summed E-state index contributed by atoms with van der Waals surface area (Å²) in [6.07, 6.45) is 1.51. The molecule has 7 heteroatoms. The maximum atomic E-state index is 13.0. The highest BCUT2D eigenvalue weighted by atomic mass is 32.1. The van der Waals surface area contributed by atoms with Gasteiger partial charge < -0.3 is 15.2 Å². The first-order valence-corrected chi connectivity index (χ1v) is 12.0. The molecule has 0 saturated carbocycles. The Morgan fingerprint density at radius 1 is 1.12 bits per heavy atom. The van der Waals surface area contributed by atoms with Crippen LogP contribution in [0.5, 0.6) is 5.75 Å². The van der Waals surface area contributed by atoms with Crippen LogP contribution in [0.4, 0.5) is 5.00 Å². The van der Waals surface area contributed by atoms with Crippen molar-refractivity contribution in [3.05, 3.63) is 50.4 Å². The van der Waals surface area contributed by atoms with Gasteiger partial charge in [-0.2, -0.15) is 5.26 Å². The summed E-state index contributed by atoms with van der Waals surface area (Å²) < 4.78 is 5.14. The Hall–Kier alpha value is -3.11. The standard InChI is InChI=1S/C27H34N2O4S/c1-10-33-25(32)21-15(2)16(3)34-24(21)29-23(31)18(14-28)11-17-12-19(26(4,5)6)22(30)20(13-17)27(7,8)9/h11-13,30H,10H2,1-9H3,(H,29,31)/b18-11+. The number of thiophene rings is 1. The van der Waals surface area contributed by atoms with E-state index in [2.05, 4.69) is 5.32 Å². The first-order chi connectivity index (χ1) is 15.6. The molecule has 0 fully saturated rings. The number of aryl methyl sites for hydroxylation is 1. The molecule has 1 heterocycles. The minimum atomic E-state index is -0.614. The number of phenolic OH excluding ortho intramolecular Hbond substituents is 1. The topological polar surface area (TPSA) is 99.4 Å². The Kier molecular flexibility index (Phi) is 8.00. The molecule has 0 aliphatic carbocycles. The van der Waals surface area contributed by atoms with Crippen LogP contribution in [0.3, 0.4) is 0 Å². The number of esters is 1. The molecule has 0 aliphatic heterocycles. The van der Waals surface area contributed by atoms with Gasteiger partial charge in [0.2, 0.25) is 0 Å². The van der Waals surface area contributed by atoms with Gasteiger partial charge in [0.25, 0.3) is 5.91 Å². The van der Waals surface area contributed by atoms with Crippen molar-refractivity contribution in [3.63, 3.8) is 0 Å². The van der Waals surface area contributed by atoms with Crippen molar-refractivity contribution in [3.8, 4) is 11.8 Å². The van der Waals surface area contributed by atoms with E-state index >= 15 is 0 Å². The molecular weight excluding hydrogens is 448 g/mol. The Labute approximate surface area is 206 Å². The lowest BCUT2D eigenvalue weighted by Crippen LogP contribution is -2.18. The van der Waals surface area contributed by atoms with Gasteiger partial charge in [-0.1, -0.05) is 41.5 Å². The van der Waals surface area contributed by atoms with Gasteiger partial charge in [0.15, 0.2) is 0 Å². The molecule has 0 atom stereocenters. The summed E-state index contributed by atoms with van der Waals surface area (Å²) in [5.74, 6) is -0.897. The second-order valence-electron chi connectivity index (χ2n) is 10.3. The minimum absolute atomic E-state index is 0.107. The second kappa shape index (κ2) is 10.0. The number of nitrogens with one attached hydrogen (secondary N) is 1. The molecule has 1 aromatic heterocycles. The van der Waals surface area contributed by atoms with Gasteiger partial charge in [-0.15, -0.1) is 11.3 Å². The number of rotatable bonds is 5. The highest BCUT2D eigenvalue weighted by molar-refractivity contribution is 7.16. The lowest BCUT2D eigenvalue weighted by atomic mass is 9.78. The van der Waals surface area contributed by atoms with Crippen molar-refractivity contribution in [2.45, 2.75) is 73.1 Å². The van der Waals surface area contributed by atoms with Gasteiger partial charge in [-0.05, 0) is 60.9 Å². The molecule has 34 heavy (non-hydrogen) atoms. The van der Waals surface area contributed by atoms with E-state index in [1.165, 1.54) is 17.4 Å². The molecule has 0 spiro atoms. The van der Waals surface area contributed by atoms with E-state index < -0.39 is 11.9 Å². The summed E-state index contributed by atoms with van der Waals surface area (Å²) in [5.41, 5.74) is 2.37. The molecule has 0 radical (unpaired) electrons. The zero-order valence-corrected chi connectivity index (χ0v) is 22.3. The quantitative estimate of drug-likeness (QED) is 0.292. The Bertz CT molecular complexity index is 1150. The van der Waals surface area contributed by atoms with E-state index in [1.54, 1.807) is 26.0 Å². The van der Waals surface area contributed by atoms with Gasteiger partial charge in [-0.3, -0.25) is 4.79 Å². The van der Waals surface area contributed by atoms with E-state index in [-0.39, 0.29) is 28.8 Å². The lowest BCUT2D eigenvalue weighted by molar-refractivity contribution is -0.112. The Morgan fingerprint density at radius 3 is 2.09 bits per heavy atom. The first kappa shape index (κ1) is 27.1. The van der Waals surface area contributed by atoms with Crippen LogP contribution in [-0.2, 0) is 20.4 Å². The number of phenols is 1. The zero-order valence-electron chi connectivity index (χ0n) is 21.5. The summed E-state index contributed by atoms with van der Waals surface area (Å²) >= 11 is 1.27. The van der Waals surface area contributed by atoms with E-state index in [4.69, 9.17) is 4.74 Å². The van der Waals surface area contributed by atoms with Gasteiger partial charge in [0, 0.05) is 16.0 Å². The number of carbonyl (C=O) groups is 2. The highest BCUT2D eigenvalue weighted by Crippen LogP contribution is 2.40. The first-order valence-electron chi connectivity index (χ1n) is 11.2. The van der Waals surface area contributed by atoms with Crippen molar-refractivity contribution in [1.29, 1.82) is 5.26 Å². The average molecular weight is 483 g/mol. The number of hydrogen-bond donors (Lipinski definition) is 2. The highest BCUT2D eigenvalue weighted by Gasteiger charge is 2.27. The fourth-order valence-electron chi connectivity index (χ4n) is 3.53. The molecule has 0 unspecified atom stereocenters. The monoisotopic (exact) mass is 482 g/mol. The van der Waals surface area contributed by atoms with E-state index in [0.29, 0.717) is 16.1 Å². The van der Waals surface area contributed by atoms with Crippen LogP contribution in [0.25, 0.3) is 6.08 Å². The number of nitriles is 1. The molecule has 2 rings (SSSR count). The van der Waals surface area contributed by atoms with Crippen LogP contribution in [-0.4, -0.2) is 23.6 Å². The third kappa shape index (κ3) is 5.87. The van der Waals surface area contributed by atoms with Crippen LogP contribution in [0.15, 0.2) is 17.7 Å². The molecule has 6 nitrogen and oxygen atoms in total. The molecule has 2 N–H and O–H groups in total. The summed E-state index contributed by atoms with van der Waals surface area (Å²) in [6, 6.07) is 5.58. The average Bonchev–Trinajstić information content (AvgIpc) is 2.98. The van der Waals surface area contributed by atoms with Crippen LogP contribution in [0.2, 0.25) is 0 Å². The number of carbonyl (C=O) groups excluding carboxylic acids is 2. The predicted octanol–water partition coefficient (Wildman–Crippen LogP) is 6.39. The van der Waals surface area contributed by atoms with Crippen molar-refractivity contribution in [2.75, 3.05) is 11.9 Å². The molecule has 0 aliphatic rings. The number of nitrogens with zero attached hydrogens (tertiary/aromatic N) is 1. The summed E-state index contributed by atoms with van der Waals surface area (Å²) in [6.45, 7) is 17.6. The van der Waals surface area contributed by atoms with Crippen molar-refractivity contribution < 1.29 is 19.4 Å². The van der Waals surface area contributed by atoms with E-state index in [9.17, 15) is 20.0 Å². The minimum Gasteiger partial charge on any atom is -0.507 e. The van der Waals surface area contributed by atoms with Crippen LogP contribution in [0, 0.1) is 25.2 Å². The maximum absolute atomic E-state index is 13.0. The van der Waals surface area contributed by atoms with Crippen LogP contribution < -0.4 is 5.32 Å². The largest absolute Gasteiger partial charge is 0.507 e. The van der Waals surface area contributed by atoms with Crippen molar-refractivity contribution in [2.24, 2.45) is 0 Å². The smallest absolute Gasteiger partial charge is 0.341 e. The fraction of sp³-hybridized carbons (Fsp3) is 0.444. The molecule has 1 aromatic carbocycles. The predicted molar refractivity (Wildman–Crippen MR) is 137 cm³/mol. The molecule has 1 amide bonds. The van der Waals surface area contributed by atoms with Crippen LogP contribution in [0.1, 0.15) is 86.0 Å². The van der Waals surface area contributed by atoms with E-state index in [1.807, 2.05) is 54.5 Å². The molecule has 0 bridgehead atoms. The second-order valence-corrected chi connectivity index (χ2v) is 11.5. The Balaban J connectivity index is 2.55. The SMILES string of the molecule is CCOC(=O)c1c(NC(=O)/C(C#N)=C/c2cc(C(C)(C)C)c(O)c(C(C)(C)C)c2)sc(C)c1C.